The highest BCUT2D eigenvalue weighted by Crippen LogP contribution is 2.31. The second-order valence-corrected chi connectivity index (χ2v) is 9.20. The molecule has 2 heterocycles. The van der Waals surface area contributed by atoms with Crippen LogP contribution < -0.4 is 5.32 Å². The molecule has 2 N–H and O–H groups in total. The maximum absolute atomic E-state index is 13.4. The molecule has 0 spiro atoms. The molecule has 2 amide bonds. The number of carbonyl (C=O) groups is 1. The van der Waals surface area contributed by atoms with E-state index in [9.17, 15) is 18.3 Å². The molecule has 152 valence electrons. The quantitative estimate of drug-likeness (QED) is 0.687. The third-order valence-electron chi connectivity index (χ3n) is 5.27. The van der Waals surface area contributed by atoms with Gasteiger partial charge in [-0.1, -0.05) is 17.7 Å². The summed E-state index contributed by atoms with van der Waals surface area (Å²) in [5, 5.41) is 13.7. The Balaban J connectivity index is 1.81. The minimum absolute atomic E-state index is 0.0205. The first-order valence-electron chi connectivity index (χ1n) is 9.46. The minimum Gasteiger partial charge on any atom is -0.508 e. The number of aryl methyl sites for hydroxylation is 2. The average molecular weight is 413 g/mol. The van der Waals surface area contributed by atoms with E-state index in [2.05, 4.69) is 5.32 Å². The lowest BCUT2D eigenvalue weighted by Gasteiger charge is -2.30. The lowest BCUT2D eigenvalue weighted by molar-refractivity contribution is 0.167. The van der Waals surface area contributed by atoms with E-state index >= 15 is 0 Å². The van der Waals surface area contributed by atoms with E-state index in [1.54, 1.807) is 48.2 Å². The molecule has 0 aliphatic carbocycles. The summed E-state index contributed by atoms with van der Waals surface area (Å²) in [4.78, 5) is 14.0. The third kappa shape index (κ3) is 3.44. The Morgan fingerprint density at radius 3 is 2.41 bits per heavy atom. The molecule has 1 aliphatic heterocycles. The van der Waals surface area contributed by atoms with Gasteiger partial charge in [0.15, 0.2) is 0 Å². The van der Waals surface area contributed by atoms with Crippen LogP contribution >= 0.6 is 0 Å². The summed E-state index contributed by atoms with van der Waals surface area (Å²) in [5.41, 5.74) is 2.41. The van der Waals surface area contributed by atoms with Crippen LogP contribution in [0, 0.1) is 13.8 Å². The number of phenolic OH excluding ortho intramolecular Hbond substituents is 1. The Hall–Kier alpha value is -3.00. The number of fused-ring (bicyclic) bond motifs is 1. The molecule has 2 aromatic carbocycles. The monoisotopic (exact) mass is 413 g/mol. The number of amides is 2. The Morgan fingerprint density at radius 1 is 1.10 bits per heavy atom. The van der Waals surface area contributed by atoms with Crippen LogP contribution in [0.15, 0.2) is 47.4 Å². The summed E-state index contributed by atoms with van der Waals surface area (Å²) in [6.07, 6.45) is 0.980. The number of phenols is 1. The standard InChI is InChI=1S/C21H23N3O4S/c1-14-4-6-18(7-5-14)29(27,28)24-17(13-22-21(26)23-8-3-9-23)11-16-10-15(2)20(25)12-19(16)24/h4-7,10-12,25H,3,8-9,13H2,1-2H3,(H,22,26). The van der Waals surface area contributed by atoms with E-state index in [0.717, 1.165) is 12.0 Å². The lowest BCUT2D eigenvalue weighted by atomic mass is 10.1. The molecule has 3 aromatic rings. The van der Waals surface area contributed by atoms with E-state index in [-0.39, 0.29) is 23.2 Å². The molecule has 0 radical (unpaired) electrons. The molecule has 1 aromatic heterocycles. The average Bonchev–Trinajstić information content (AvgIpc) is 2.97. The summed E-state index contributed by atoms with van der Waals surface area (Å²) >= 11 is 0. The maximum atomic E-state index is 13.4. The number of carbonyl (C=O) groups excluding carboxylic acids is 1. The summed E-state index contributed by atoms with van der Waals surface area (Å²) in [7, 11) is -3.92. The number of hydrogen-bond donors (Lipinski definition) is 2. The molecule has 7 nitrogen and oxygen atoms in total. The summed E-state index contributed by atoms with van der Waals surface area (Å²) < 4.78 is 28.1. The van der Waals surface area contributed by atoms with Crippen LogP contribution in [0.4, 0.5) is 4.79 Å². The van der Waals surface area contributed by atoms with E-state index in [4.69, 9.17) is 0 Å². The number of benzene rings is 2. The fourth-order valence-electron chi connectivity index (χ4n) is 3.41. The second kappa shape index (κ2) is 7.11. The van der Waals surface area contributed by atoms with Crippen LogP contribution in [0.1, 0.15) is 23.2 Å². The van der Waals surface area contributed by atoms with Gasteiger partial charge in [0.05, 0.1) is 22.7 Å². The zero-order valence-electron chi connectivity index (χ0n) is 16.3. The SMILES string of the molecule is Cc1ccc(S(=O)(=O)n2c(CNC(=O)N3CCC3)cc3cc(C)c(O)cc32)cc1. The number of nitrogens with one attached hydrogen (secondary N) is 1. The first-order valence-corrected chi connectivity index (χ1v) is 10.9. The van der Waals surface area contributed by atoms with Gasteiger partial charge in [0.2, 0.25) is 0 Å². The van der Waals surface area contributed by atoms with Gasteiger partial charge in [0.25, 0.3) is 10.0 Å². The van der Waals surface area contributed by atoms with Crippen molar-refractivity contribution in [2.75, 3.05) is 13.1 Å². The van der Waals surface area contributed by atoms with E-state index in [1.807, 2.05) is 6.92 Å². The van der Waals surface area contributed by atoms with Crippen molar-refractivity contribution in [1.82, 2.24) is 14.2 Å². The van der Waals surface area contributed by atoms with Crippen LogP contribution in [-0.2, 0) is 16.6 Å². The largest absolute Gasteiger partial charge is 0.508 e. The van der Waals surface area contributed by atoms with Crippen molar-refractivity contribution in [2.45, 2.75) is 31.7 Å². The molecular weight excluding hydrogens is 390 g/mol. The Labute approximate surface area is 169 Å². The lowest BCUT2D eigenvalue weighted by Crippen LogP contribution is -2.47. The zero-order valence-corrected chi connectivity index (χ0v) is 17.2. The molecule has 0 bridgehead atoms. The van der Waals surface area contributed by atoms with Crippen molar-refractivity contribution in [1.29, 1.82) is 0 Å². The van der Waals surface area contributed by atoms with Crippen LogP contribution in [0.25, 0.3) is 10.9 Å². The Kier molecular flexibility index (Phi) is 4.74. The first kappa shape index (κ1) is 19.3. The van der Waals surface area contributed by atoms with Gasteiger partial charge in [-0.15, -0.1) is 0 Å². The van der Waals surface area contributed by atoms with E-state index in [0.29, 0.717) is 35.2 Å². The molecule has 29 heavy (non-hydrogen) atoms. The second-order valence-electron chi connectivity index (χ2n) is 7.41. The van der Waals surface area contributed by atoms with E-state index < -0.39 is 10.0 Å². The highest BCUT2D eigenvalue weighted by molar-refractivity contribution is 7.90. The van der Waals surface area contributed by atoms with Crippen molar-refractivity contribution in [3.8, 4) is 5.75 Å². The first-order chi connectivity index (χ1) is 13.8. The number of nitrogens with zero attached hydrogens (tertiary/aromatic N) is 2. The number of urea groups is 1. The number of likely N-dealkylation sites (tertiary alicyclic amines) is 1. The molecule has 1 fully saturated rings. The molecular formula is C21H23N3O4S. The van der Waals surface area contributed by atoms with Crippen molar-refractivity contribution in [3.05, 3.63) is 59.3 Å². The van der Waals surface area contributed by atoms with Crippen molar-refractivity contribution >= 4 is 27.0 Å². The normalized spacial score (nSPS) is 14.1. The summed E-state index contributed by atoms with van der Waals surface area (Å²) in [6.45, 7) is 5.13. The molecule has 8 heteroatoms. The molecule has 0 unspecified atom stereocenters. The topological polar surface area (TPSA) is 91.6 Å². The van der Waals surface area contributed by atoms with Gasteiger partial charge >= 0.3 is 6.03 Å². The van der Waals surface area contributed by atoms with Gasteiger partial charge in [0.1, 0.15) is 5.75 Å². The Morgan fingerprint density at radius 2 is 1.79 bits per heavy atom. The maximum Gasteiger partial charge on any atom is 0.317 e. The third-order valence-corrected chi connectivity index (χ3v) is 7.05. The number of aromatic hydroxyl groups is 1. The van der Waals surface area contributed by atoms with Gasteiger partial charge in [-0.3, -0.25) is 0 Å². The van der Waals surface area contributed by atoms with Crippen LogP contribution in [0.3, 0.4) is 0 Å². The summed E-state index contributed by atoms with van der Waals surface area (Å²) in [5.74, 6) is 0.0205. The number of rotatable bonds is 4. The van der Waals surface area contributed by atoms with Crippen LogP contribution in [-0.4, -0.2) is 41.5 Å². The highest BCUT2D eigenvalue weighted by Gasteiger charge is 2.25. The van der Waals surface area contributed by atoms with Crippen molar-refractivity contribution < 1.29 is 18.3 Å². The van der Waals surface area contributed by atoms with Gasteiger partial charge in [-0.05, 0) is 50.1 Å². The van der Waals surface area contributed by atoms with Crippen LogP contribution in [0.2, 0.25) is 0 Å². The fourth-order valence-corrected chi connectivity index (χ4v) is 4.95. The molecule has 4 rings (SSSR count). The highest BCUT2D eigenvalue weighted by atomic mass is 32.2. The predicted molar refractivity (Wildman–Crippen MR) is 111 cm³/mol. The molecule has 0 atom stereocenters. The van der Waals surface area contributed by atoms with Crippen molar-refractivity contribution in [3.63, 3.8) is 0 Å². The van der Waals surface area contributed by atoms with E-state index in [1.165, 1.54) is 10.0 Å². The van der Waals surface area contributed by atoms with Gasteiger partial charge in [-0.2, -0.15) is 0 Å². The Bertz CT molecular complexity index is 1190. The smallest absolute Gasteiger partial charge is 0.317 e. The molecule has 1 aliphatic rings. The zero-order chi connectivity index (χ0) is 20.8. The summed E-state index contributed by atoms with van der Waals surface area (Å²) in [6, 6.07) is 11.3. The number of hydrogen-bond acceptors (Lipinski definition) is 4. The predicted octanol–water partition coefficient (Wildman–Crippen LogP) is 3.12. The van der Waals surface area contributed by atoms with Crippen LogP contribution in [0.5, 0.6) is 5.75 Å². The van der Waals surface area contributed by atoms with Gasteiger partial charge in [0, 0.05) is 24.5 Å². The molecule has 0 saturated carbocycles. The van der Waals surface area contributed by atoms with Crippen molar-refractivity contribution in [2.24, 2.45) is 0 Å². The molecule has 1 saturated heterocycles. The van der Waals surface area contributed by atoms with Gasteiger partial charge < -0.3 is 15.3 Å². The van der Waals surface area contributed by atoms with Gasteiger partial charge in [-0.25, -0.2) is 17.2 Å². The fraction of sp³-hybridized carbons (Fsp3) is 0.286. The minimum atomic E-state index is -3.92. The number of aromatic nitrogens is 1.